The molecule has 3 heterocycles. The van der Waals surface area contributed by atoms with Crippen LogP contribution >= 0.6 is 0 Å². The SMILES string of the molecule is O=C1CC2(CNC2)N(Cc2ncc(-c3ccccc3)o2)CCN1. The zero-order chi connectivity index (χ0) is 15.7. The molecule has 0 radical (unpaired) electrons. The highest BCUT2D eigenvalue weighted by atomic mass is 16.4. The Kier molecular flexibility index (Phi) is 3.63. The van der Waals surface area contributed by atoms with Crippen LogP contribution in [0, 0.1) is 0 Å². The van der Waals surface area contributed by atoms with Crippen molar-refractivity contribution in [2.45, 2.75) is 18.5 Å². The van der Waals surface area contributed by atoms with Crippen molar-refractivity contribution < 1.29 is 9.21 Å². The van der Waals surface area contributed by atoms with Crippen LogP contribution in [0.15, 0.2) is 40.9 Å². The van der Waals surface area contributed by atoms with E-state index in [4.69, 9.17) is 4.42 Å². The molecule has 23 heavy (non-hydrogen) atoms. The first-order valence-electron chi connectivity index (χ1n) is 7.98. The molecule has 2 saturated heterocycles. The first-order chi connectivity index (χ1) is 11.3. The third-order valence-electron chi connectivity index (χ3n) is 4.71. The molecular formula is C17H20N4O2. The average molecular weight is 312 g/mol. The quantitative estimate of drug-likeness (QED) is 0.885. The summed E-state index contributed by atoms with van der Waals surface area (Å²) in [6.45, 7) is 3.80. The fourth-order valence-electron chi connectivity index (χ4n) is 3.33. The Bertz CT molecular complexity index is 694. The number of nitrogens with one attached hydrogen (secondary N) is 2. The van der Waals surface area contributed by atoms with Gasteiger partial charge < -0.3 is 15.1 Å². The Morgan fingerprint density at radius 3 is 2.83 bits per heavy atom. The summed E-state index contributed by atoms with van der Waals surface area (Å²) in [4.78, 5) is 18.6. The van der Waals surface area contributed by atoms with E-state index < -0.39 is 0 Å². The molecule has 1 spiro atoms. The first-order valence-corrected chi connectivity index (χ1v) is 7.98. The molecule has 4 rings (SSSR count). The second kappa shape index (κ2) is 5.79. The summed E-state index contributed by atoms with van der Waals surface area (Å²) in [5.74, 6) is 1.61. The highest BCUT2D eigenvalue weighted by Crippen LogP contribution is 2.28. The van der Waals surface area contributed by atoms with Crippen molar-refractivity contribution in [2.75, 3.05) is 26.2 Å². The summed E-state index contributed by atoms with van der Waals surface area (Å²) in [7, 11) is 0. The van der Waals surface area contributed by atoms with E-state index in [1.807, 2.05) is 30.3 Å². The van der Waals surface area contributed by atoms with Gasteiger partial charge in [0, 0.05) is 38.2 Å². The number of nitrogens with zero attached hydrogens (tertiary/aromatic N) is 2. The van der Waals surface area contributed by atoms with Gasteiger partial charge in [-0.25, -0.2) is 4.98 Å². The van der Waals surface area contributed by atoms with Crippen molar-refractivity contribution >= 4 is 5.91 Å². The highest BCUT2D eigenvalue weighted by Gasteiger charge is 2.45. The lowest BCUT2D eigenvalue weighted by Gasteiger charge is -2.48. The van der Waals surface area contributed by atoms with Gasteiger partial charge in [0.2, 0.25) is 11.8 Å². The minimum atomic E-state index is -0.0953. The van der Waals surface area contributed by atoms with Crippen LogP contribution in [0.25, 0.3) is 11.3 Å². The number of hydrogen-bond donors (Lipinski definition) is 2. The number of hydrogen-bond acceptors (Lipinski definition) is 5. The van der Waals surface area contributed by atoms with Crippen LogP contribution in [0.2, 0.25) is 0 Å². The van der Waals surface area contributed by atoms with Crippen molar-refractivity contribution in [3.05, 3.63) is 42.4 Å². The van der Waals surface area contributed by atoms with Crippen molar-refractivity contribution in [3.8, 4) is 11.3 Å². The van der Waals surface area contributed by atoms with E-state index in [2.05, 4.69) is 20.5 Å². The zero-order valence-electron chi connectivity index (χ0n) is 12.9. The van der Waals surface area contributed by atoms with Crippen LogP contribution in [0.1, 0.15) is 12.3 Å². The molecular weight excluding hydrogens is 292 g/mol. The van der Waals surface area contributed by atoms with Crippen LogP contribution in [-0.4, -0.2) is 47.5 Å². The predicted octanol–water partition coefficient (Wildman–Crippen LogP) is 1.01. The van der Waals surface area contributed by atoms with Crippen LogP contribution in [-0.2, 0) is 11.3 Å². The van der Waals surface area contributed by atoms with E-state index >= 15 is 0 Å². The number of amides is 1. The molecule has 6 heteroatoms. The van der Waals surface area contributed by atoms with Gasteiger partial charge in [0.25, 0.3) is 0 Å². The van der Waals surface area contributed by atoms with Gasteiger partial charge in [0.05, 0.1) is 18.3 Å². The van der Waals surface area contributed by atoms with Gasteiger partial charge in [-0.3, -0.25) is 9.69 Å². The summed E-state index contributed by atoms with van der Waals surface area (Å²) in [5.41, 5.74) is 0.932. The summed E-state index contributed by atoms with van der Waals surface area (Å²) < 4.78 is 5.92. The Labute approximate surface area is 134 Å². The van der Waals surface area contributed by atoms with Gasteiger partial charge in [-0.2, -0.15) is 0 Å². The van der Waals surface area contributed by atoms with Crippen molar-refractivity contribution in [3.63, 3.8) is 0 Å². The van der Waals surface area contributed by atoms with Crippen molar-refractivity contribution in [2.24, 2.45) is 0 Å². The molecule has 0 unspecified atom stereocenters. The fourth-order valence-corrected chi connectivity index (χ4v) is 3.33. The first kappa shape index (κ1) is 14.4. The maximum atomic E-state index is 11.9. The van der Waals surface area contributed by atoms with Gasteiger partial charge in [0.1, 0.15) is 0 Å². The summed E-state index contributed by atoms with van der Waals surface area (Å²) in [6, 6.07) is 9.97. The number of carbonyl (C=O) groups excluding carboxylic acids is 1. The second-order valence-corrected chi connectivity index (χ2v) is 6.26. The molecule has 6 nitrogen and oxygen atoms in total. The second-order valence-electron chi connectivity index (χ2n) is 6.26. The maximum absolute atomic E-state index is 11.9. The Morgan fingerprint density at radius 2 is 2.09 bits per heavy atom. The molecule has 120 valence electrons. The van der Waals surface area contributed by atoms with E-state index in [1.54, 1.807) is 6.20 Å². The third-order valence-corrected chi connectivity index (χ3v) is 4.71. The number of rotatable bonds is 3. The summed E-state index contributed by atoms with van der Waals surface area (Å²) in [5, 5.41) is 6.25. The average Bonchev–Trinajstić information content (AvgIpc) is 2.92. The molecule has 1 aromatic carbocycles. The molecule has 0 bridgehead atoms. The normalized spacial score (nSPS) is 20.8. The lowest BCUT2D eigenvalue weighted by Crippen LogP contribution is -2.69. The lowest BCUT2D eigenvalue weighted by atomic mass is 9.86. The number of benzene rings is 1. The van der Waals surface area contributed by atoms with Gasteiger partial charge in [-0.15, -0.1) is 0 Å². The standard InChI is InChI=1S/C17H20N4O2/c22-15-8-17(11-18-12-17)21(7-6-19-15)10-16-20-9-14(23-16)13-4-2-1-3-5-13/h1-5,9,18H,6-8,10-12H2,(H,19,22). The monoisotopic (exact) mass is 312 g/mol. The molecule has 0 aliphatic carbocycles. The molecule has 2 aliphatic heterocycles. The third kappa shape index (κ3) is 2.75. The topological polar surface area (TPSA) is 70.4 Å². The molecule has 0 atom stereocenters. The Morgan fingerprint density at radius 1 is 1.26 bits per heavy atom. The zero-order valence-corrected chi connectivity index (χ0v) is 12.9. The van der Waals surface area contributed by atoms with Crippen LogP contribution in [0.3, 0.4) is 0 Å². The molecule has 2 fully saturated rings. The van der Waals surface area contributed by atoms with Crippen LogP contribution in [0.4, 0.5) is 0 Å². The fraction of sp³-hybridized carbons (Fsp3) is 0.412. The number of oxazole rings is 1. The Hall–Kier alpha value is -2.18. The van der Waals surface area contributed by atoms with E-state index in [0.717, 1.165) is 31.0 Å². The lowest BCUT2D eigenvalue weighted by molar-refractivity contribution is -0.123. The summed E-state index contributed by atoms with van der Waals surface area (Å²) >= 11 is 0. The summed E-state index contributed by atoms with van der Waals surface area (Å²) in [6.07, 6.45) is 2.31. The number of carbonyl (C=O) groups is 1. The smallest absolute Gasteiger partial charge is 0.222 e. The largest absolute Gasteiger partial charge is 0.439 e. The van der Waals surface area contributed by atoms with E-state index in [0.29, 0.717) is 25.4 Å². The minimum Gasteiger partial charge on any atom is -0.439 e. The van der Waals surface area contributed by atoms with E-state index in [9.17, 15) is 4.79 Å². The van der Waals surface area contributed by atoms with Gasteiger partial charge in [-0.05, 0) is 0 Å². The molecule has 2 aliphatic rings. The van der Waals surface area contributed by atoms with E-state index in [-0.39, 0.29) is 11.4 Å². The molecule has 2 N–H and O–H groups in total. The van der Waals surface area contributed by atoms with Crippen molar-refractivity contribution in [1.29, 1.82) is 0 Å². The molecule has 1 aromatic heterocycles. The Balaban J connectivity index is 1.53. The van der Waals surface area contributed by atoms with Crippen LogP contribution < -0.4 is 10.6 Å². The van der Waals surface area contributed by atoms with Gasteiger partial charge in [0.15, 0.2) is 5.76 Å². The van der Waals surface area contributed by atoms with Crippen molar-refractivity contribution in [1.82, 2.24) is 20.5 Å². The van der Waals surface area contributed by atoms with Gasteiger partial charge >= 0.3 is 0 Å². The van der Waals surface area contributed by atoms with Gasteiger partial charge in [-0.1, -0.05) is 30.3 Å². The minimum absolute atomic E-state index is 0.0953. The molecule has 0 saturated carbocycles. The van der Waals surface area contributed by atoms with Crippen LogP contribution in [0.5, 0.6) is 0 Å². The maximum Gasteiger partial charge on any atom is 0.222 e. The highest BCUT2D eigenvalue weighted by molar-refractivity contribution is 5.78. The number of aromatic nitrogens is 1. The predicted molar refractivity (Wildman–Crippen MR) is 85.6 cm³/mol. The molecule has 1 amide bonds. The molecule has 2 aromatic rings. The van der Waals surface area contributed by atoms with E-state index in [1.165, 1.54) is 0 Å².